The van der Waals surface area contributed by atoms with E-state index in [4.69, 9.17) is 0 Å². The van der Waals surface area contributed by atoms with Crippen molar-refractivity contribution in [1.82, 2.24) is 24.5 Å². The number of aromatic nitrogens is 4. The van der Waals surface area contributed by atoms with E-state index in [1.165, 1.54) is 0 Å². The van der Waals surface area contributed by atoms with E-state index in [-0.39, 0.29) is 17.6 Å². The van der Waals surface area contributed by atoms with E-state index < -0.39 is 6.10 Å². The second kappa shape index (κ2) is 4.82. The number of carbonyl (C=O) groups excluding carboxylic acids is 1. The number of fused-ring (bicyclic) bond motifs is 1. The number of rotatable bonds is 1. The molecule has 0 spiro atoms. The highest BCUT2D eigenvalue weighted by Gasteiger charge is 2.29. The van der Waals surface area contributed by atoms with Gasteiger partial charge in [0.15, 0.2) is 0 Å². The Labute approximate surface area is 116 Å². The first-order chi connectivity index (χ1) is 9.56. The Morgan fingerprint density at radius 2 is 2.30 bits per heavy atom. The predicted octanol–water partition coefficient (Wildman–Crippen LogP) is 0.276. The Morgan fingerprint density at radius 1 is 1.50 bits per heavy atom. The van der Waals surface area contributed by atoms with Gasteiger partial charge in [0.05, 0.1) is 6.10 Å². The molecule has 1 aliphatic heterocycles. The lowest BCUT2D eigenvalue weighted by Crippen LogP contribution is -2.46. The molecule has 2 aromatic heterocycles. The lowest BCUT2D eigenvalue weighted by atomic mass is 9.96. The van der Waals surface area contributed by atoms with Gasteiger partial charge in [-0.2, -0.15) is 4.98 Å². The Kier molecular flexibility index (Phi) is 3.13. The third kappa shape index (κ3) is 2.14. The maximum absolute atomic E-state index is 12.4. The van der Waals surface area contributed by atoms with E-state index in [9.17, 15) is 9.90 Å². The second-order valence-electron chi connectivity index (χ2n) is 5.32. The Balaban J connectivity index is 1.87. The van der Waals surface area contributed by atoms with E-state index in [0.29, 0.717) is 18.9 Å². The number of likely N-dealkylation sites (tertiary alicyclic amines) is 1. The van der Waals surface area contributed by atoms with Crippen LogP contribution < -0.4 is 0 Å². The highest BCUT2D eigenvalue weighted by molar-refractivity contribution is 5.91. The highest BCUT2D eigenvalue weighted by atomic mass is 16.3. The van der Waals surface area contributed by atoms with Gasteiger partial charge in [-0.25, -0.2) is 9.50 Å². The van der Waals surface area contributed by atoms with Crippen LogP contribution in [0, 0.1) is 12.8 Å². The van der Waals surface area contributed by atoms with E-state index >= 15 is 0 Å². The van der Waals surface area contributed by atoms with E-state index in [1.54, 1.807) is 15.6 Å². The molecule has 7 heteroatoms. The summed E-state index contributed by atoms with van der Waals surface area (Å²) < 4.78 is 1.55. The number of hydrogen-bond donors (Lipinski definition) is 1. The molecule has 2 unspecified atom stereocenters. The number of aliphatic hydroxyl groups excluding tert-OH is 1. The molecule has 20 heavy (non-hydrogen) atoms. The van der Waals surface area contributed by atoms with Crippen LogP contribution in [0.15, 0.2) is 12.3 Å². The van der Waals surface area contributed by atoms with E-state index in [0.717, 1.165) is 12.1 Å². The van der Waals surface area contributed by atoms with Crippen LogP contribution in [0.3, 0.4) is 0 Å². The molecule has 0 bridgehead atoms. The van der Waals surface area contributed by atoms with Gasteiger partial charge in [-0.15, -0.1) is 5.10 Å². The molecule has 1 fully saturated rings. The van der Waals surface area contributed by atoms with Crippen LogP contribution in [0.2, 0.25) is 0 Å². The number of nitrogens with zero attached hydrogens (tertiary/aromatic N) is 5. The number of β-amino-alcohol motifs (C(OH)–C–C–N with tert-alkyl or cyclic N) is 1. The predicted molar refractivity (Wildman–Crippen MR) is 71.2 cm³/mol. The van der Waals surface area contributed by atoms with Crippen LogP contribution in [0.5, 0.6) is 0 Å². The number of hydrogen-bond acceptors (Lipinski definition) is 5. The van der Waals surface area contributed by atoms with Gasteiger partial charge in [-0.3, -0.25) is 4.79 Å². The smallest absolute Gasteiger partial charge is 0.293 e. The standard InChI is InChI=1S/C13H17N5O2/c1-8-4-6-17(7-10(8)19)12(20)11-15-13-14-5-3-9(2)18(13)16-11/h3,5,8,10,19H,4,6-7H2,1-2H3. The summed E-state index contributed by atoms with van der Waals surface area (Å²) in [5.74, 6) is 0.519. The van der Waals surface area contributed by atoms with Crippen LogP contribution in [0.25, 0.3) is 5.78 Å². The summed E-state index contributed by atoms with van der Waals surface area (Å²) in [7, 11) is 0. The van der Waals surface area contributed by atoms with Gasteiger partial charge in [0.2, 0.25) is 5.82 Å². The summed E-state index contributed by atoms with van der Waals surface area (Å²) in [6.45, 7) is 4.83. The monoisotopic (exact) mass is 275 g/mol. The molecule has 0 saturated carbocycles. The minimum Gasteiger partial charge on any atom is -0.391 e. The summed E-state index contributed by atoms with van der Waals surface area (Å²) in [5.41, 5.74) is 0.869. The largest absolute Gasteiger partial charge is 0.391 e. The zero-order valence-electron chi connectivity index (χ0n) is 11.5. The molecule has 106 valence electrons. The molecule has 0 radical (unpaired) electrons. The zero-order valence-corrected chi connectivity index (χ0v) is 11.5. The van der Waals surface area contributed by atoms with Crippen molar-refractivity contribution in [3.63, 3.8) is 0 Å². The summed E-state index contributed by atoms with van der Waals surface area (Å²) in [4.78, 5) is 22.2. The molecule has 3 heterocycles. The minimum atomic E-state index is -0.482. The number of piperidine rings is 1. The molecule has 1 aliphatic rings. The fourth-order valence-corrected chi connectivity index (χ4v) is 2.37. The molecule has 7 nitrogen and oxygen atoms in total. The van der Waals surface area contributed by atoms with Gasteiger partial charge < -0.3 is 10.0 Å². The lowest BCUT2D eigenvalue weighted by molar-refractivity contribution is 0.0241. The summed E-state index contributed by atoms with van der Waals surface area (Å²) in [5, 5.41) is 14.1. The van der Waals surface area contributed by atoms with Crippen molar-refractivity contribution in [2.24, 2.45) is 5.92 Å². The van der Waals surface area contributed by atoms with Crippen molar-refractivity contribution in [2.75, 3.05) is 13.1 Å². The van der Waals surface area contributed by atoms with Crippen molar-refractivity contribution in [3.05, 3.63) is 23.8 Å². The average molecular weight is 275 g/mol. The maximum atomic E-state index is 12.4. The topological polar surface area (TPSA) is 83.6 Å². The molecular weight excluding hydrogens is 258 g/mol. The fraction of sp³-hybridized carbons (Fsp3) is 0.538. The van der Waals surface area contributed by atoms with Crippen LogP contribution in [0.1, 0.15) is 29.7 Å². The van der Waals surface area contributed by atoms with Crippen LogP contribution >= 0.6 is 0 Å². The first kappa shape index (κ1) is 13.0. The molecular formula is C13H17N5O2. The third-order valence-electron chi connectivity index (χ3n) is 3.83. The van der Waals surface area contributed by atoms with Crippen molar-refractivity contribution < 1.29 is 9.90 Å². The first-order valence-electron chi connectivity index (χ1n) is 6.72. The summed E-state index contributed by atoms with van der Waals surface area (Å²) in [6.07, 6.45) is 1.95. The average Bonchev–Trinajstić information content (AvgIpc) is 2.86. The number of amides is 1. The van der Waals surface area contributed by atoms with Gasteiger partial charge in [0, 0.05) is 25.0 Å². The quantitative estimate of drug-likeness (QED) is 0.808. The van der Waals surface area contributed by atoms with Gasteiger partial charge in [0.1, 0.15) is 0 Å². The van der Waals surface area contributed by atoms with Crippen LogP contribution in [-0.2, 0) is 0 Å². The number of aliphatic hydroxyl groups is 1. The third-order valence-corrected chi connectivity index (χ3v) is 3.83. The van der Waals surface area contributed by atoms with Crippen molar-refractivity contribution >= 4 is 11.7 Å². The Bertz CT molecular complexity index is 653. The molecule has 2 aromatic rings. The van der Waals surface area contributed by atoms with E-state index in [2.05, 4.69) is 15.1 Å². The molecule has 0 aromatic carbocycles. The van der Waals surface area contributed by atoms with Gasteiger partial charge in [-0.05, 0) is 25.3 Å². The van der Waals surface area contributed by atoms with Gasteiger partial charge in [-0.1, -0.05) is 6.92 Å². The Morgan fingerprint density at radius 3 is 3.00 bits per heavy atom. The fourth-order valence-electron chi connectivity index (χ4n) is 2.37. The molecule has 0 aliphatic carbocycles. The van der Waals surface area contributed by atoms with Crippen LogP contribution in [0.4, 0.5) is 0 Å². The maximum Gasteiger partial charge on any atom is 0.293 e. The minimum absolute atomic E-state index is 0.133. The van der Waals surface area contributed by atoms with Gasteiger partial charge in [0.25, 0.3) is 11.7 Å². The zero-order chi connectivity index (χ0) is 14.3. The number of aryl methyl sites for hydroxylation is 1. The highest BCUT2D eigenvalue weighted by Crippen LogP contribution is 2.18. The normalized spacial score (nSPS) is 23.2. The van der Waals surface area contributed by atoms with Gasteiger partial charge >= 0.3 is 0 Å². The molecule has 1 saturated heterocycles. The summed E-state index contributed by atoms with van der Waals surface area (Å²) >= 11 is 0. The van der Waals surface area contributed by atoms with E-state index in [1.807, 2.05) is 19.9 Å². The SMILES string of the molecule is Cc1ccnc2nc(C(=O)N3CCC(C)C(O)C3)nn12. The van der Waals surface area contributed by atoms with Crippen LogP contribution in [-0.4, -0.2) is 54.7 Å². The van der Waals surface area contributed by atoms with Crippen molar-refractivity contribution in [3.8, 4) is 0 Å². The van der Waals surface area contributed by atoms with Crippen molar-refractivity contribution in [1.29, 1.82) is 0 Å². The molecule has 1 N–H and O–H groups in total. The lowest BCUT2D eigenvalue weighted by Gasteiger charge is -2.33. The number of carbonyl (C=O) groups is 1. The molecule has 3 rings (SSSR count). The Hall–Kier alpha value is -2.02. The first-order valence-corrected chi connectivity index (χ1v) is 6.72. The molecule has 1 amide bonds. The summed E-state index contributed by atoms with van der Waals surface area (Å²) in [6, 6.07) is 1.81. The second-order valence-corrected chi connectivity index (χ2v) is 5.32. The van der Waals surface area contributed by atoms with Crippen molar-refractivity contribution in [2.45, 2.75) is 26.4 Å². The molecule has 2 atom stereocenters.